The summed E-state index contributed by atoms with van der Waals surface area (Å²) in [4.78, 5) is 0. The largest absolute Gasteiger partial charge is 0.301 e. The summed E-state index contributed by atoms with van der Waals surface area (Å²) >= 11 is 2.27. The maximum atomic E-state index is 4.13. The van der Waals surface area contributed by atoms with Crippen LogP contribution in [0.5, 0.6) is 0 Å². The van der Waals surface area contributed by atoms with Crippen LogP contribution in [0.15, 0.2) is 29.4 Å². The van der Waals surface area contributed by atoms with Crippen LogP contribution in [0.4, 0.5) is 0 Å². The Labute approximate surface area is 73.2 Å². The third-order valence-corrected chi connectivity index (χ3v) is 2.69. The highest BCUT2D eigenvalue weighted by Gasteiger charge is 2.26. The monoisotopic (exact) mass is 246 g/mol. The van der Waals surface area contributed by atoms with Crippen LogP contribution in [-0.4, -0.2) is 9.76 Å². The number of rotatable bonds is 0. The molecule has 2 nitrogen and oxygen atoms in total. The highest BCUT2D eigenvalue weighted by Crippen LogP contribution is 2.22. The molecule has 0 aromatic heterocycles. The Morgan fingerprint density at radius 2 is 2.20 bits per heavy atom. The van der Waals surface area contributed by atoms with Gasteiger partial charge in [-0.1, -0.05) is 24.3 Å². The first-order chi connectivity index (χ1) is 4.88. The van der Waals surface area contributed by atoms with Crippen LogP contribution in [0.25, 0.3) is 0 Å². The van der Waals surface area contributed by atoms with Crippen LogP contribution in [0.2, 0.25) is 0 Å². The van der Waals surface area contributed by atoms with Gasteiger partial charge < -0.3 is 5.43 Å². The van der Waals surface area contributed by atoms with Gasteiger partial charge in [0.25, 0.3) is 0 Å². The van der Waals surface area contributed by atoms with Gasteiger partial charge in [-0.05, 0) is 22.6 Å². The summed E-state index contributed by atoms with van der Waals surface area (Å²) in [6.07, 6.45) is 8.44. The number of hydrogen-bond donors (Lipinski definition) is 1. The fourth-order valence-electron chi connectivity index (χ4n) is 1.17. The molecular weight excluding hydrogens is 239 g/mol. The molecule has 0 aromatic carbocycles. The molecule has 2 unspecified atom stereocenters. The summed E-state index contributed by atoms with van der Waals surface area (Å²) < 4.78 is 1.16. The van der Waals surface area contributed by atoms with Crippen LogP contribution in [0, 0.1) is 5.92 Å². The van der Waals surface area contributed by atoms with Gasteiger partial charge in [-0.25, -0.2) is 0 Å². The molecular formula is C7H7IN2. The van der Waals surface area contributed by atoms with E-state index in [9.17, 15) is 0 Å². The molecule has 52 valence electrons. The van der Waals surface area contributed by atoms with Gasteiger partial charge in [-0.15, -0.1) is 0 Å². The molecule has 1 N–H and O–H groups in total. The van der Waals surface area contributed by atoms with Gasteiger partial charge in [0.15, 0.2) is 0 Å². The highest BCUT2D eigenvalue weighted by atomic mass is 127. The van der Waals surface area contributed by atoms with Gasteiger partial charge in [0, 0.05) is 0 Å². The number of nitrogens with one attached hydrogen (secondary N) is 1. The maximum Gasteiger partial charge on any atom is 0.107 e. The SMILES string of the molecule is IC1=NNC2C=CC=CC12. The molecule has 0 amide bonds. The highest BCUT2D eigenvalue weighted by molar-refractivity contribution is 14.1. The lowest BCUT2D eigenvalue weighted by Crippen LogP contribution is -2.25. The molecule has 0 spiro atoms. The Morgan fingerprint density at radius 1 is 1.40 bits per heavy atom. The van der Waals surface area contributed by atoms with E-state index >= 15 is 0 Å². The summed E-state index contributed by atoms with van der Waals surface area (Å²) in [6.45, 7) is 0. The molecule has 0 bridgehead atoms. The van der Waals surface area contributed by atoms with Gasteiger partial charge in [-0.3, -0.25) is 0 Å². The van der Waals surface area contributed by atoms with Crippen molar-refractivity contribution in [1.29, 1.82) is 0 Å². The van der Waals surface area contributed by atoms with Crippen molar-refractivity contribution >= 4 is 26.3 Å². The number of hydrazone groups is 1. The Balaban J connectivity index is 2.27. The molecule has 0 fully saturated rings. The molecule has 3 heteroatoms. The average molecular weight is 246 g/mol. The van der Waals surface area contributed by atoms with Crippen molar-refractivity contribution in [1.82, 2.24) is 5.43 Å². The average Bonchev–Trinajstić information content (AvgIpc) is 2.34. The standard InChI is InChI=1S/C7H7IN2/c8-7-5-3-1-2-4-6(5)9-10-7/h1-6,9H. The molecule has 1 aliphatic heterocycles. The maximum absolute atomic E-state index is 4.13. The van der Waals surface area contributed by atoms with Gasteiger partial charge in [-0.2, -0.15) is 5.10 Å². The van der Waals surface area contributed by atoms with Crippen molar-refractivity contribution < 1.29 is 0 Å². The van der Waals surface area contributed by atoms with E-state index in [1.54, 1.807) is 0 Å². The smallest absolute Gasteiger partial charge is 0.107 e. The Hall–Kier alpha value is -0.320. The molecule has 0 radical (unpaired) electrons. The summed E-state index contributed by atoms with van der Waals surface area (Å²) in [6, 6.07) is 0.414. The van der Waals surface area contributed by atoms with Crippen LogP contribution >= 0.6 is 22.6 Å². The van der Waals surface area contributed by atoms with Crippen molar-refractivity contribution in [3.8, 4) is 0 Å². The first-order valence-corrected chi connectivity index (χ1v) is 4.29. The zero-order chi connectivity index (χ0) is 6.97. The number of nitrogens with zero attached hydrogens (tertiary/aromatic N) is 1. The van der Waals surface area contributed by atoms with E-state index in [0.29, 0.717) is 12.0 Å². The van der Waals surface area contributed by atoms with E-state index in [-0.39, 0.29) is 0 Å². The fraction of sp³-hybridized carbons (Fsp3) is 0.286. The van der Waals surface area contributed by atoms with Gasteiger partial charge in [0.05, 0.1) is 12.0 Å². The second-order valence-electron chi connectivity index (χ2n) is 2.38. The van der Waals surface area contributed by atoms with E-state index in [2.05, 4.69) is 57.4 Å². The van der Waals surface area contributed by atoms with E-state index in [4.69, 9.17) is 0 Å². The summed E-state index contributed by atoms with van der Waals surface area (Å²) in [5, 5.41) is 4.13. The lowest BCUT2D eigenvalue weighted by atomic mass is 9.98. The minimum atomic E-state index is 0.414. The molecule has 1 aliphatic carbocycles. The lowest BCUT2D eigenvalue weighted by Gasteiger charge is -2.13. The van der Waals surface area contributed by atoms with Crippen molar-refractivity contribution in [3.63, 3.8) is 0 Å². The van der Waals surface area contributed by atoms with Gasteiger partial charge in [0.1, 0.15) is 3.72 Å². The summed E-state index contributed by atoms with van der Waals surface area (Å²) in [5.41, 5.74) is 3.05. The van der Waals surface area contributed by atoms with E-state index in [1.807, 2.05) is 0 Å². The molecule has 2 rings (SSSR count). The molecule has 0 saturated heterocycles. The van der Waals surface area contributed by atoms with Crippen molar-refractivity contribution in [3.05, 3.63) is 24.3 Å². The van der Waals surface area contributed by atoms with Gasteiger partial charge in [0.2, 0.25) is 0 Å². The first kappa shape index (κ1) is 6.39. The van der Waals surface area contributed by atoms with Gasteiger partial charge >= 0.3 is 0 Å². The second-order valence-corrected chi connectivity index (χ2v) is 3.49. The predicted octanol–water partition coefficient (Wildman–Crippen LogP) is 1.45. The summed E-state index contributed by atoms with van der Waals surface area (Å²) in [7, 11) is 0. The third kappa shape index (κ3) is 0.885. The lowest BCUT2D eigenvalue weighted by molar-refractivity contribution is 0.622. The Morgan fingerprint density at radius 3 is 3.00 bits per heavy atom. The van der Waals surface area contributed by atoms with Crippen LogP contribution < -0.4 is 5.43 Å². The zero-order valence-corrected chi connectivity index (χ0v) is 7.45. The van der Waals surface area contributed by atoms with E-state index in [1.165, 1.54) is 0 Å². The molecule has 1 heterocycles. The minimum Gasteiger partial charge on any atom is -0.301 e. The normalized spacial score (nSPS) is 35.1. The Bertz CT molecular complexity index is 230. The van der Waals surface area contributed by atoms with E-state index < -0.39 is 0 Å². The van der Waals surface area contributed by atoms with Crippen LogP contribution in [-0.2, 0) is 0 Å². The third-order valence-electron chi connectivity index (χ3n) is 1.73. The molecule has 10 heavy (non-hydrogen) atoms. The second kappa shape index (κ2) is 2.38. The number of fused-ring (bicyclic) bond motifs is 1. The van der Waals surface area contributed by atoms with Crippen LogP contribution in [0.1, 0.15) is 0 Å². The van der Waals surface area contributed by atoms with Crippen molar-refractivity contribution in [2.75, 3.05) is 0 Å². The number of halogens is 1. The number of hydrogen-bond acceptors (Lipinski definition) is 2. The predicted molar refractivity (Wildman–Crippen MR) is 50.1 cm³/mol. The van der Waals surface area contributed by atoms with Crippen molar-refractivity contribution in [2.45, 2.75) is 6.04 Å². The molecule has 0 aromatic rings. The van der Waals surface area contributed by atoms with Crippen molar-refractivity contribution in [2.24, 2.45) is 11.0 Å². The minimum absolute atomic E-state index is 0.414. The Kier molecular flexibility index (Phi) is 1.52. The quantitative estimate of drug-likeness (QED) is 0.643. The topological polar surface area (TPSA) is 24.4 Å². The molecule has 0 saturated carbocycles. The zero-order valence-electron chi connectivity index (χ0n) is 5.29. The molecule has 2 aliphatic rings. The number of allylic oxidation sites excluding steroid dienone is 2. The van der Waals surface area contributed by atoms with Crippen LogP contribution in [0.3, 0.4) is 0 Å². The fourth-order valence-corrected chi connectivity index (χ4v) is 1.90. The first-order valence-electron chi connectivity index (χ1n) is 3.21. The molecule has 2 atom stereocenters. The van der Waals surface area contributed by atoms with E-state index in [0.717, 1.165) is 3.72 Å². The summed E-state index contributed by atoms with van der Waals surface area (Å²) in [5.74, 6) is 0.491.